The Hall–Kier alpha value is -5.43. The van der Waals surface area contributed by atoms with Gasteiger partial charge in [0.2, 0.25) is 17.7 Å². The molecule has 1 saturated heterocycles. The number of anilines is 2. The second-order valence-corrected chi connectivity index (χ2v) is 14.0. The van der Waals surface area contributed by atoms with Crippen LogP contribution in [0.25, 0.3) is 0 Å². The van der Waals surface area contributed by atoms with Gasteiger partial charge in [-0.25, -0.2) is 9.59 Å². The molecule has 3 unspecified atom stereocenters. The molecule has 1 heterocycles. The largest absolute Gasteiger partial charge is 0.467 e. The van der Waals surface area contributed by atoms with Gasteiger partial charge in [-0.2, -0.15) is 0 Å². The van der Waals surface area contributed by atoms with Crippen LogP contribution < -0.4 is 21.3 Å². The van der Waals surface area contributed by atoms with Crippen molar-refractivity contribution in [1.29, 1.82) is 0 Å². The van der Waals surface area contributed by atoms with Crippen LogP contribution in [-0.2, 0) is 40.0 Å². The van der Waals surface area contributed by atoms with Crippen molar-refractivity contribution in [3.63, 3.8) is 0 Å². The fourth-order valence-electron chi connectivity index (χ4n) is 5.60. The number of nitrogens with one attached hydrogen (secondary N) is 4. The van der Waals surface area contributed by atoms with Crippen LogP contribution in [0, 0.1) is 0 Å². The Kier molecular flexibility index (Phi) is 13.4. The number of nitrogens with zero attached hydrogens (tertiary/aromatic N) is 1. The van der Waals surface area contributed by atoms with Gasteiger partial charge in [0.15, 0.2) is 0 Å². The summed E-state index contributed by atoms with van der Waals surface area (Å²) in [4.78, 5) is 67.6. The molecule has 0 aliphatic carbocycles. The number of methoxy groups -OCH3 is 1. The molecule has 0 saturated carbocycles. The van der Waals surface area contributed by atoms with Gasteiger partial charge in [0, 0.05) is 17.9 Å². The normalized spacial score (nSPS) is 15.5. The van der Waals surface area contributed by atoms with Crippen molar-refractivity contribution < 1.29 is 38.2 Å². The van der Waals surface area contributed by atoms with E-state index >= 15 is 0 Å². The predicted molar refractivity (Wildman–Crippen MR) is 196 cm³/mol. The summed E-state index contributed by atoms with van der Waals surface area (Å²) in [5, 5.41) is 11.4. The van der Waals surface area contributed by atoms with E-state index in [1.54, 1.807) is 49.9 Å². The predicted octanol–water partition coefficient (Wildman–Crippen LogP) is 4.95. The SMILES string of the molecule is COC(=O)C1CCCN1C(=O)C(Nc1cccc(NC(=O)C(COCc2ccccc2)NC(=O)C(C)(C)NC(=O)OC(C)(C)C)c1)c1ccccc1. The summed E-state index contributed by atoms with van der Waals surface area (Å²) >= 11 is 0. The van der Waals surface area contributed by atoms with E-state index in [0.717, 1.165) is 5.56 Å². The molecule has 3 aromatic rings. The van der Waals surface area contributed by atoms with E-state index in [4.69, 9.17) is 14.2 Å². The molecule has 0 bridgehead atoms. The first-order valence-electron chi connectivity index (χ1n) is 17.2. The average Bonchev–Trinajstić information content (AvgIpc) is 3.60. The Bertz CT molecular complexity index is 1690. The maximum Gasteiger partial charge on any atom is 0.408 e. The van der Waals surface area contributed by atoms with E-state index in [9.17, 15) is 24.0 Å². The van der Waals surface area contributed by atoms with E-state index in [0.29, 0.717) is 36.3 Å². The molecule has 13 heteroatoms. The molecule has 52 heavy (non-hydrogen) atoms. The number of likely N-dealkylation sites (tertiary alicyclic amines) is 1. The van der Waals surface area contributed by atoms with Gasteiger partial charge in [0.05, 0.1) is 20.3 Å². The minimum Gasteiger partial charge on any atom is -0.467 e. The van der Waals surface area contributed by atoms with Gasteiger partial charge >= 0.3 is 12.1 Å². The Balaban J connectivity index is 1.52. The molecule has 1 fully saturated rings. The highest BCUT2D eigenvalue weighted by Gasteiger charge is 2.39. The van der Waals surface area contributed by atoms with Crippen LogP contribution in [0.4, 0.5) is 16.2 Å². The summed E-state index contributed by atoms with van der Waals surface area (Å²) in [6.45, 7) is 8.58. The zero-order chi connectivity index (χ0) is 37.9. The number of rotatable bonds is 14. The van der Waals surface area contributed by atoms with Gasteiger partial charge in [0.1, 0.15) is 29.3 Å². The molecular formula is C39H49N5O8. The van der Waals surface area contributed by atoms with E-state index < -0.39 is 53.1 Å². The number of amides is 4. The minimum absolute atomic E-state index is 0.172. The van der Waals surface area contributed by atoms with Gasteiger partial charge in [-0.05, 0) is 76.8 Å². The first kappa shape index (κ1) is 39.4. The second kappa shape index (κ2) is 17.7. The molecular weight excluding hydrogens is 666 g/mol. The number of alkyl carbamates (subject to hydrolysis) is 1. The summed E-state index contributed by atoms with van der Waals surface area (Å²) in [6.07, 6.45) is 0.411. The van der Waals surface area contributed by atoms with Crippen molar-refractivity contribution in [1.82, 2.24) is 15.5 Å². The molecule has 0 aromatic heterocycles. The lowest BCUT2D eigenvalue weighted by atomic mass is 10.0. The Morgan fingerprint density at radius 3 is 2.17 bits per heavy atom. The molecule has 3 atom stereocenters. The molecule has 278 valence electrons. The zero-order valence-corrected chi connectivity index (χ0v) is 30.6. The van der Waals surface area contributed by atoms with E-state index in [1.807, 2.05) is 60.7 Å². The minimum atomic E-state index is -1.44. The second-order valence-electron chi connectivity index (χ2n) is 14.0. The van der Waals surface area contributed by atoms with Gasteiger partial charge in [0.25, 0.3) is 0 Å². The van der Waals surface area contributed by atoms with Crippen LogP contribution in [0.2, 0.25) is 0 Å². The zero-order valence-electron chi connectivity index (χ0n) is 30.6. The Morgan fingerprint density at radius 1 is 0.865 bits per heavy atom. The van der Waals surface area contributed by atoms with E-state index in [-0.39, 0.29) is 19.1 Å². The first-order chi connectivity index (χ1) is 24.7. The summed E-state index contributed by atoms with van der Waals surface area (Å²) in [7, 11) is 1.31. The lowest BCUT2D eigenvalue weighted by molar-refractivity contribution is -0.151. The van der Waals surface area contributed by atoms with Crippen LogP contribution in [0.3, 0.4) is 0 Å². The molecule has 0 radical (unpaired) electrons. The van der Waals surface area contributed by atoms with Gasteiger partial charge in [-0.15, -0.1) is 0 Å². The molecule has 1 aliphatic heterocycles. The smallest absolute Gasteiger partial charge is 0.408 e. The molecule has 3 aromatic carbocycles. The third kappa shape index (κ3) is 11.3. The molecule has 13 nitrogen and oxygen atoms in total. The van der Waals surface area contributed by atoms with Gasteiger partial charge < -0.3 is 40.4 Å². The summed E-state index contributed by atoms with van der Waals surface area (Å²) in [5.74, 6) is -1.94. The quantitative estimate of drug-likeness (QED) is 0.169. The van der Waals surface area contributed by atoms with Crippen molar-refractivity contribution in [3.8, 4) is 0 Å². The number of hydrogen-bond acceptors (Lipinski definition) is 9. The fourth-order valence-corrected chi connectivity index (χ4v) is 5.60. The van der Waals surface area contributed by atoms with Crippen molar-refractivity contribution in [2.75, 3.05) is 30.9 Å². The highest BCUT2D eigenvalue weighted by molar-refractivity contribution is 5.99. The van der Waals surface area contributed by atoms with Crippen molar-refractivity contribution in [2.24, 2.45) is 0 Å². The average molecular weight is 716 g/mol. The third-order valence-corrected chi connectivity index (χ3v) is 8.23. The number of hydrogen-bond donors (Lipinski definition) is 4. The molecule has 0 spiro atoms. The number of ether oxygens (including phenoxy) is 3. The molecule has 1 aliphatic rings. The number of benzene rings is 3. The highest BCUT2D eigenvalue weighted by atomic mass is 16.6. The standard InChI is InChI=1S/C39H49N5O8/c1-38(2,3)52-37(49)43-39(4,5)36(48)42-30(25-51-24-26-15-9-7-10-16-26)33(45)41-29-20-13-19-28(23-29)40-32(27-17-11-8-12-18-27)34(46)44-22-14-21-31(44)35(47)50-6/h7-13,15-20,23,30-32,40H,14,21-22,24-25H2,1-6H3,(H,41,45)(H,42,48)(H,43,49). The lowest BCUT2D eigenvalue weighted by Gasteiger charge is -2.29. The van der Waals surface area contributed by atoms with Crippen LogP contribution in [-0.4, -0.2) is 78.2 Å². The van der Waals surface area contributed by atoms with Crippen LogP contribution in [0.1, 0.15) is 64.6 Å². The Labute approximate surface area is 304 Å². The number of carbonyl (C=O) groups excluding carboxylic acids is 5. The van der Waals surface area contributed by atoms with Gasteiger partial charge in [-0.1, -0.05) is 66.7 Å². The fraction of sp³-hybridized carbons (Fsp3) is 0.410. The van der Waals surface area contributed by atoms with Crippen LogP contribution in [0.5, 0.6) is 0 Å². The van der Waals surface area contributed by atoms with Gasteiger partial charge in [-0.3, -0.25) is 14.4 Å². The van der Waals surface area contributed by atoms with Crippen molar-refractivity contribution >= 4 is 41.2 Å². The topological polar surface area (TPSA) is 164 Å². The van der Waals surface area contributed by atoms with Crippen LogP contribution >= 0.6 is 0 Å². The summed E-state index contributed by atoms with van der Waals surface area (Å²) < 4.78 is 16.1. The number of carbonyl (C=O) groups is 5. The van der Waals surface area contributed by atoms with Crippen LogP contribution in [0.15, 0.2) is 84.9 Å². The van der Waals surface area contributed by atoms with Crippen molar-refractivity contribution in [2.45, 2.75) is 83.3 Å². The maximum absolute atomic E-state index is 14.0. The number of esters is 1. The molecule has 4 rings (SSSR count). The van der Waals surface area contributed by atoms with E-state index in [1.165, 1.54) is 21.0 Å². The molecule has 4 N–H and O–H groups in total. The lowest BCUT2D eigenvalue weighted by Crippen LogP contribution is -2.59. The van der Waals surface area contributed by atoms with Crippen molar-refractivity contribution in [3.05, 3.63) is 96.1 Å². The third-order valence-electron chi connectivity index (χ3n) is 8.23. The molecule has 4 amide bonds. The highest BCUT2D eigenvalue weighted by Crippen LogP contribution is 2.28. The maximum atomic E-state index is 14.0. The summed E-state index contributed by atoms with van der Waals surface area (Å²) in [5.41, 5.74) is 0.271. The van der Waals surface area contributed by atoms with E-state index in [2.05, 4.69) is 21.3 Å². The first-order valence-corrected chi connectivity index (χ1v) is 17.2. The summed E-state index contributed by atoms with van der Waals surface area (Å²) in [6, 6.07) is 22.7. The monoisotopic (exact) mass is 715 g/mol. The Morgan fingerprint density at radius 2 is 1.52 bits per heavy atom.